The van der Waals surface area contributed by atoms with Crippen LogP contribution in [0.4, 0.5) is 0 Å². The summed E-state index contributed by atoms with van der Waals surface area (Å²) < 4.78 is 34.7. The second kappa shape index (κ2) is 7.77. The van der Waals surface area contributed by atoms with Crippen molar-refractivity contribution < 1.29 is 13.2 Å². The van der Waals surface area contributed by atoms with Crippen LogP contribution >= 0.6 is 0 Å². The van der Waals surface area contributed by atoms with Gasteiger partial charge < -0.3 is 9.30 Å². The Hall–Kier alpha value is -1.90. The highest BCUT2D eigenvalue weighted by atomic mass is 32.2. The fourth-order valence-electron chi connectivity index (χ4n) is 3.09. The van der Waals surface area contributed by atoms with Gasteiger partial charge in [-0.05, 0) is 30.8 Å². The van der Waals surface area contributed by atoms with Crippen molar-refractivity contribution in [1.82, 2.24) is 18.8 Å². The molecule has 1 aliphatic heterocycles. The van der Waals surface area contributed by atoms with Crippen molar-refractivity contribution in [2.24, 2.45) is 7.05 Å². The summed E-state index contributed by atoms with van der Waals surface area (Å²) in [6.07, 6.45) is 3.02. The van der Waals surface area contributed by atoms with Gasteiger partial charge in [-0.1, -0.05) is 19.9 Å². The molecule has 0 saturated carbocycles. The number of rotatable bonds is 6. The third kappa shape index (κ3) is 3.92. The molecular weight excluding hydrogens is 352 g/mol. The molecule has 3 rings (SSSR count). The predicted molar refractivity (Wildman–Crippen MR) is 99.4 cm³/mol. The molecular formula is C18H26N4O3S. The maximum atomic E-state index is 12.9. The number of hydrogen-bond acceptors (Lipinski definition) is 5. The Morgan fingerprint density at radius 1 is 1.27 bits per heavy atom. The SMILES string of the molecule is CCN(CC)Cc1ccc2c(c1)CN(S(=O)(=O)c1cn(C)cn1)CCO2. The van der Waals surface area contributed by atoms with Crippen LogP contribution in [0.3, 0.4) is 0 Å². The largest absolute Gasteiger partial charge is 0.492 e. The van der Waals surface area contributed by atoms with Gasteiger partial charge in [0.2, 0.25) is 0 Å². The summed E-state index contributed by atoms with van der Waals surface area (Å²) >= 11 is 0. The lowest BCUT2D eigenvalue weighted by molar-refractivity contribution is 0.291. The van der Waals surface area contributed by atoms with E-state index < -0.39 is 10.0 Å². The Labute approximate surface area is 155 Å². The Morgan fingerprint density at radius 3 is 2.69 bits per heavy atom. The summed E-state index contributed by atoms with van der Waals surface area (Å²) in [6.45, 7) is 7.99. The smallest absolute Gasteiger partial charge is 0.262 e. The van der Waals surface area contributed by atoms with Gasteiger partial charge in [0.15, 0.2) is 5.03 Å². The van der Waals surface area contributed by atoms with Crippen molar-refractivity contribution in [3.8, 4) is 5.75 Å². The van der Waals surface area contributed by atoms with Crippen molar-refractivity contribution in [3.05, 3.63) is 41.9 Å². The summed E-state index contributed by atoms with van der Waals surface area (Å²) in [5.41, 5.74) is 2.06. The number of fused-ring (bicyclic) bond motifs is 1. The van der Waals surface area contributed by atoms with E-state index in [0.717, 1.165) is 36.5 Å². The van der Waals surface area contributed by atoms with Crippen molar-refractivity contribution >= 4 is 10.0 Å². The molecule has 0 atom stereocenters. The first kappa shape index (κ1) is 18.9. The number of hydrogen-bond donors (Lipinski definition) is 0. The van der Waals surface area contributed by atoms with Crippen LogP contribution in [0.15, 0.2) is 35.7 Å². The maximum Gasteiger partial charge on any atom is 0.262 e. The molecule has 0 radical (unpaired) electrons. The first-order valence-electron chi connectivity index (χ1n) is 8.89. The van der Waals surface area contributed by atoms with E-state index in [2.05, 4.69) is 35.9 Å². The first-order valence-corrected chi connectivity index (χ1v) is 10.3. The molecule has 0 unspecified atom stereocenters. The number of benzene rings is 1. The van der Waals surface area contributed by atoms with Gasteiger partial charge in [0.1, 0.15) is 12.4 Å². The minimum absolute atomic E-state index is 0.0720. The van der Waals surface area contributed by atoms with Gasteiger partial charge in [0, 0.05) is 38.4 Å². The molecule has 26 heavy (non-hydrogen) atoms. The topological polar surface area (TPSA) is 67.7 Å². The number of sulfonamides is 1. The molecule has 1 aromatic carbocycles. The van der Waals surface area contributed by atoms with Crippen molar-refractivity contribution in [1.29, 1.82) is 0 Å². The lowest BCUT2D eigenvalue weighted by Crippen LogP contribution is -2.32. The van der Waals surface area contributed by atoms with Gasteiger partial charge in [-0.2, -0.15) is 4.31 Å². The summed E-state index contributed by atoms with van der Waals surface area (Å²) in [6, 6.07) is 6.06. The molecule has 0 saturated heterocycles. The van der Waals surface area contributed by atoms with Crippen molar-refractivity contribution in [2.45, 2.75) is 32.0 Å². The van der Waals surface area contributed by atoms with Crippen molar-refractivity contribution in [2.75, 3.05) is 26.2 Å². The van der Waals surface area contributed by atoms with Crippen LogP contribution in [0.5, 0.6) is 5.75 Å². The quantitative estimate of drug-likeness (QED) is 0.767. The van der Waals surface area contributed by atoms with Gasteiger partial charge in [0.05, 0.1) is 6.33 Å². The third-order valence-corrected chi connectivity index (χ3v) is 6.39. The van der Waals surface area contributed by atoms with E-state index in [1.54, 1.807) is 11.6 Å². The summed E-state index contributed by atoms with van der Waals surface area (Å²) in [5.74, 6) is 0.756. The fraction of sp³-hybridized carbons (Fsp3) is 0.500. The van der Waals surface area contributed by atoms with Gasteiger partial charge >= 0.3 is 0 Å². The van der Waals surface area contributed by atoms with Crippen LogP contribution in [0.2, 0.25) is 0 Å². The highest BCUT2D eigenvalue weighted by Gasteiger charge is 2.29. The minimum atomic E-state index is -3.64. The van der Waals surface area contributed by atoms with E-state index in [1.807, 2.05) is 6.07 Å². The molecule has 0 aliphatic carbocycles. The van der Waals surface area contributed by atoms with Crippen LogP contribution < -0.4 is 4.74 Å². The van der Waals surface area contributed by atoms with Gasteiger partial charge in [0.25, 0.3) is 10.0 Å². The number of aryl methyl sites for hydroxylation is 1. The van der Waals surface area contributed by atoms with E-state index in [-0.39, 0.29) is 5.03 Å². The molecule has 7 nitrogen and oxygen atoms in total. The lowest BCUT2D eigenvalue weighted by Gasteiger charge is -2.20. The average Bonchev–Trinajstić information content (AvgIpc) is 2.95. The molecule has 0 fully saturated rings. The van der Waals surface area contributed by atoms with Crippen LogP contribution in [0.1, 0.15) is 25.0 Å². The van der Waals surface area contributed by atoms with Gasteiger partial charge in [-0.25, -0.2) is 13.4 Å². The maximum absolute atomic E-state index is 12.9. The molecule has 8 heteroatoms. The van der Waals surface area contributed by atoms with Crippen molar-refractivity contribution in [3.63, 3.8) is 0 Å². The van der Waals surface area contributed by atoms with E-state index in [9.17, 15) is 8.42 Å². The van der Waals surface area contributed by atoms with E-state index >= 15 is 0 Å². The number of aromatic nitrogens is 2. The predicted octanol–water partition coefficient (Wildman–Crippen LogP) is 1.85. The zero-order valence-corrected chi connectivity index (χ0v) is 16.4. The van der Waals surface area contributed by atoms with Crippen LogP contribution in [-0.2, 0) is 30.2 Å². The molecule has 0 amide bonds. The highest BCUT2D eigenvalue weighted by molar-refractivity contribution is 7.89. The molecule has 0 N–H and O–H groups in total. The minimum Gasteiger partial charge on any atom is -0.492 e. The molecule has 2 aromatic rings. The number of imidazole rings is 1. The molecule has 1 aromatic heterocycles. The van der Waals surface area contributed by atoms with Crippen LogP contribution in [0.25, 0.3) is 0 Å². The fourth-order valence-corrected chi connectivity index (χ4v) is 4.46. The van der Waals surface area contributed by atoms with E-state index in [0.29, 0.717) is 19.7 Å². The second-order valence-electron chi connectivity index (χ2n) is 6.47. The molecule has 1 aliphatic rings. The van der Waals surface area contributed by atoms with E-state index in [1.165, 1.54) is 16.8 Å². The Kier molecular flexibility index (Phi) is 5.64. The summed E-state index contributed by atoms with van der Waals surface area (Å²) in [7, 11) is -1.89. The Morgan fingerprint density at radius 2 is 2.04 bits per heavy atom. The van der Waals surface area contributed by atoms with Gasteiger partial charge in [-0.15, -0.1) is 0 Å². The molecule has 0 bridgehead atoms. The second-order valence-corrected chi connectivity index (χ2v) is 8.35. The van der Waals surface area contributed by atoms with Crippen LogP contribution in [0, 0.1) is 0 Å². The first-order chi connectivity index (χ1) is 12.4. The average molecular weight is 378 g/mol. The zero-order valence-electron chi connectivity index (χ0n) is 15.6. The molecule has 142 valence electrons. The molecule has 0 spiro atoms. The van der Waals surface area contributed by atoms with Gasteiger partial charge in [-0.3, -0.25) is 4.90 Å². The normalized spacial score (nSPS) is 15.5. The Balaban J connectivity index is 1.86. The summed E-state index contributed by atoms with van der Waals surface area (Å²) in [5, 5.41) is 0.0720. The zero-order chi connectivity index (χ0) is 18.7. The number of nitrogens with zero attached hydrogens (tertiary/aromatic N) is 4. The number of ether oxygens (including phenoxy) is 1. The standard InChI is InChI=1S/C18H26N4O3S/c1-4-21(5-2)11-15-6-7-17-16(10-15)12-22(8-9-25-17)26(23,24)18-13-20(3)14-19-18/h6-7,10,13-14H,4-5,8-9,11-12H2,1-3H3. The Bertz CT molecular complexity index is 859. The van der Waals surface area contributed by atoms with E-state index in [4.69, 9.17) is 4.74 Å². The summed E-state index contributed by atoms with van der Waals surface area (Å²) in [4.78, 5) is 6.34. The third-order valence-electron chi connectivity index (χ3n) is 4.66. The lowest BCUT2D eigenvalue weighted by atomic mass is 10.1. The highest BCUT2D eigenvalue weighted by Crippen LogP contribution is 2.27. The van der Waals surface area contributed by atoms with Crippen LogP contribution in [-0.4, -0.2) is 53.4 Å². The molecule has 2 heterocycles. The monoisotopic (exact) mass is 378 g/mol.